The van der Waals surface area contributed by atoms with Gasteiger partial charge in [-0.2, -0.15) is 0 Å². The third-order valence-electron chi connectivity index (χ3n) is 4.01. The number of carbonyl (C=O) groups excluding carboxylic acids is 1. The van der Waals surface area contributed by atoms with Gasteiger partial charge in [-0.3, -0.25) is 14.9 Å². The first-order chi connectivity index (χ1) is 11.4. The predicted molar refractivity (Wildman–Crippen MR) is 93.0 cm³/mol. The Morgan fingerprint density at radius 2 is 1.83 bits per heavy atom. The number of nitro benzene ring substituents is 1. The zero-order chi connectivity index (χ0) is 17.7. The van der Waals surface area contributed by atoms with E-state index >= 15 is 0 Å². The summed E-state index contributed by atoms with van der Waals surface area (Å²) >= 11 is 0. The summed E-state index contributed by atoms with van der Waals surface area (Å²) in [6.07, 6.45) is 0. The highest BCUT2D eigenvalue weighted by atomic mass is 16.6. The summed E-state index contributed by atoms with van der Waals surface area (Å²) in [5, 5.41) is 13.9. The molecule has 6 heteroatoms. The number of hydrogen-bond donors (Lipinski definition) is 1. The number of nitro groups is 1. The van der Waals surface area contributed by atoms with Crippen LogP contribution in [-0.2, 0) is 0 Å². The van der Waals surface area contributed by atoms with E-state index < -0.39 is 4.92 Å². The molecule has 0 bridgehead atoms. The Kier molecular flexibility index (Phi) is 5.65. The highest BCUT2D eigenvalue weighted by molar-refractivity contribution is 5.96. The van der Waals surface area contributed by atoms with Crippen molar-refractivity contribution in [3.63, 3.8) is 0 Å². The molecule has 2 aromatic rings. The minimum atomic E-state index is -0.474. The molecule has 0 unspecified atom stereocenters. The number of benzene rings is 2. The maximum atomic E-state index is 12.4. The van der Waals surface area contributed by atoms with Crippen LogP contribution in [0.1, 0.15) is 27.5 Å². The van der Waals surface area contributed by atoms with Crippen LogP contribution in [0.15, 0.2) is 48.5 Å². The van der Waals surface area contributed by atoms with Crippen molar-refractivity contribution in [2.75, 3.05) is 20.6 Å². The molecule has 126 valence electrons. The van der Waals surface area contributed by atoms with E-state index in [0.717, 1.165) is 5.56 Å². The van der Waals surface area contributed by atoms with Gasteiger partial charge in [0.05, 0.1) is 11.0 Å². The third kappa shape index (κ3) is 3.97. The molecule has 0 aromatic heterocycles. The summed E-state index contributed by atoms with van der Waals surface area (Å²) in [6.45, 7) is 2.01. The van der Waals surface area contributed by atoms with Gasteiger partial charge in [-0.15, -0.1) is 0 Å². The summed E-state index contributed by atoms with van der Waals surface area (Å²) < 4.78 is 0. The van der Waals surface area contributed by atoms with Gasteiger partial charge in [0.1, 0.15) is 0 Å². The van der Waals surface area contributed by atoms with Crippen LogP contribution in [0.4, 0.5) is 5.69 Å². The highest BCUT2D eigenvalue weighted by Gasteiger charge is 2.20. The Hall–Kier alpha value is -2.73. The Morgan fingerprint density at radius 3 is 2.42 bits per heavy atom. The minimum absolute atomic E-state index is 0.0224. The molecule has 0 aliphatic rings. The quantitative estimate of drug-likeness (QED) is 0.654. The SMILES string of the molecule is Cc1c(C(=O)NC[C@H](c2ccccc2)N(C)C)cccc1[N+](=O)[O-]. The van der Waals surface area contributed by atoms with E-state index in [9.17, 15) is 14.9 Å². The molecule has 0 spiro atoms. The second kappa shape index (κ2) is 7.70. The molecule has 0 saturated carbocycles. The summed E-state index contributed by atoms with van der Waals surface area (Å²) in [5.74, 6) is -0.306. The molecule has 1 N–H and O–H groups in total. The fourth-order valence-corrected chi connectivity index (χ4v) is 2.63. The van der Waals surface area contributed by atoms with Crippen molar-refractivity contribution in [1.29, 1.82) is 0 Å². The van der Waals surface area contributed by atoms with Crippen LogP contribution < -0.4 is 5.32 Å². The molecular weight excluding hydrogens is 306 g/mol. The molecule has 0 aliphatic heterocycles. The van der Waals surface area contributed by atoms with E-state index in [4.69, 9.17) is 0 Å². The van der Waals surface area contributed by atoms with E-state index in [1.807, 2.05) is 49.3 Å². The van der Waals surface area contributed by atoms with Crippen molar-refractivity contribution in [3.8, 4) is 0 Å². The topological polar surface area (TPSA) is 75.5 Å². The molecule has 0 fully saturated rings. The lowest BCUT2D eigenvalue weighted by Crippen LogP contribution is -2.34. The number of carbonyl (C=O) groups is 1. The van der Waals surface area contributed by atoms with Crippen molar-refractivity contribution >= 4 is 11.6 Å². The Balaban J connectivity index is 2.15. The Labute approximate surface area is 141 Å². The largest absolute Gasteiger partial charge is 0.350 e. The molecule has 2 rings (SSSR count). The number of amides is 1. The maximum absolute atomic E-state index is 12.4. The fraction of sp³-hybridized carbons (Fsp3) is 0.278. The molecule has 1 atom stereocenters. The van der Waals surface area contributed by atoms with Crippen molar-refractivity contribution in [2.24, 2.45) is 0 Å². The van der Waals surface area contributed by atoms with Gasteiger partial charge in [-0.05, 0) is 32.6 Å². The number of hydrogen-bond acceptors (Lipinski definition) is 4. The van der Waals surface area contributed by atoms with Gasteiger partial charge < -0.3 is 10.2 Å². The van der Waals surface area contributed by atoms with Crippen LogP contribution in [0.2, 0.25) is 0 Å². The highest BCUT2D eigenvalue weighted by Crippen LogP contribution is 2.21. The van der Waals surface area contributed by atoms with Crippen LogP contribution >= 0.6 is 0 Å². The van der Waals surface area contributed by atoms with Gasteiger partial charge in [0.2, 0.25) is 0 Å². The molecule has 0 aliphatic carbocycles. The van der Waals surface area contributed by atoms with Crippen molar-refractivity contribution in [2.45, 2.75) is 13.0 Å². The standard InChI is InChI=1S/C18H21N3O3/c1-13-15(10-7-11-16(13)21(23)24)18(22)19-12-17(20(2)3)14-8-5-4-6-9-14/h4-11,17H,12H2,1-3H3,(H,19,22)/t17-/m1/s1. The van der Waals surface area contributed by atoms with Gasteiger partial charge in [0, 0.05) is 23.7 Å². The van der Waals surface area contributed by atoms with E-state index in [1.165, 1.54) is 12.1 Å². The zero-order valence-corrected chi connectivity index (χ0v) is 14.0. The molecule has 0 radical (unpaired) electrons. The lowest BCUT2D eigenvalue weighted by Gasteiger charge is -2.25. The average Bonchev–Trinajstić information content (AvgIpc) is 2.55. The zero-order valence-electron chi connectivity index (χ0n) is 14.0. The molecule has 0 heterocycles. The first-order valence-electron chi connectivity index (χ1n) is 7.65. The second-order valence-electron chi connectivity index (χ2n) is 5.81. The van der Waals surface area contributed by atoms with E-state index in [0.29, 0.717) is 17.7 Å². The maximum Gasteiger partial charge on any atom is 0.273 e. The van der Waals surface area contributed by atoms with Crippen LogP contribution in [0.3, 0.4) is 0 Å². The van der Waals surface area contributed by atoms with Crippen molar-refractivity contribution in [3.05, 3.63) is 75.3 Å². The van der Waals surface area contributed by atoms with Gasteiger partial charge >= 0.3 is 0 Å². The summed E-state index contributed by atoms with van der Waals surface area (Å²) in [7, 11) is 3.89. The Bertz CT molecular complexity index is 730. The number of nitrogens with one attached hydrogen (secondary N) is 1. The summed E-state index contributed by atoms with van der Waals surface area (Å²) in [6, 6.07) is 14.4. The first-order valence-corrected chi connectivity index (χ1v) is 7.65. The smallest absolute Gasteiger partial charge is 0.273 e. The van der Waals surface area contributed by atoms with Gasteiger partial charge in [-0.25, -0.2) is 0 Å². The average molecular weight is 327 g/mol. The Morgan fingerprint density at radius 1 is 1.17 bits per heavy atom. The molecule has 24 heavy (non-hydrogen) atoms. The number of rotatable bonds is 6. The lowest BCUT2D eigenvalue weighted by molar-refractivity contribution is -0.385. The third-order valence-corrected chi connectivity index (χ3v) is 4.01. The lowest BCUT2D eigenvalue weighted by atomic mass is 10.0. The van der Waals surface area contributed by atoms with Crippen LogP contribution in [0.25, 0.3) is 0 Å². The fourth-order valence-electron chi connectivity index (χ4n) is 2.63. The first kappa shape index (κ1) is 17.6. The monoisotopic (exact) mass is 327 g/mol. The number of likely N-dealkylation sites (N-methyl/N-ethyl adjacent to an activating group) is 1. The normalized spacial score (nSPS) is 12.0. The van der Waals surface area contributed by atoms with Crippen LogP contribution in [0.5, 0.6) is 0 Å². The molecule has 2 aromatic carbocycles. The van der Waals surface area contributed by atoms with Gasteiger partial charge in [0.15, 0.2) is 0 Å². The second-order valence-corrected chi connectivity index (χ2v) is 5.81. The van der Waals surface area contributed by atoms with E-state index in [2.05, 4.69) is 5.32 Å². The van der Waals surface area contributed by atoms with Gasteiger partial charge in [-0.1, -0.05) is 36.4 Å². The molecular formula is C18H21N3O3. The molecule has 0 saturated heterocycles. The summed E-state index contributed by atoms with van der Waals surface area (Å²) in [4.78, 5) is 25.0. The molecule has 6 nitrogen and oxygen atoms in total. The van der Waals surface area contributed by atoms with Crippen LogP contribution in [0, 0.1) is 17.0 Å². The summed E-state index contributed by atoms with van der Waals surface area (Å²) in [5.41, 5.74) is 1.75. The predicted octanol–water partition coefficient (Wildman–Crippen LogP) is 2.94. The van der Waals surface area contributed by atoms with E-state index in [-0.39, 0.29) is 17.6 Å². The van der Waals surface area contributed by atoms with Gasteiger partial charge in [0.25, 0.3) is 11.6 Å². The molecule has 1 amide bonds. The number of nitrogens with zero attached hydrogens (tertiary/aromatic N) is 2. The van der Waals surface area contributed by atoms with E-state index in [1.54, 1.807) is 13.0 Å². The van der Waals surface area contributed by atoms with Crippen LogP contribution in [-0.4, -0.2) is 36.4 Å². The van der Waals surface area contributed by atoms with Crippen molar-refractivity contribution < 1.29 is 9.72 Å². The van der Waals surface area contributed by atoms with Crippen molar-refractivity contribution in [1.82, 2.24) is 10.2 Å². The minimum Gasteiger partial charge on any atom is -0.350 e.